The summed E-state index contributed by atoms with van der Waals surface area (Å²) in [7, 11) is 0. The highest BCUT2D eigenvalue weighted by Gasteiger charge is 2.10. The van der Waals surface area contributed by atoms with Crippen molar-refractivity contribution in [2.75, 3.05) is 5.73 Å². The van der Waals surface area contributed by atoms with Crippen molar-refractivity contribution >= 4 is 5.69 Å². The highest BCUT2D eigenvalue weighted by Crippen LogP contribution is 2.20. The minimum Gasteiger partial charge on any atom is -0.399 e. The summed E-state index contributed by atoms with van der Waals surface area (Å²) < 4.78 is 1.73. The summed E-state index contributed by atoms with van der Waals surface area (Å²) in [5.41, 5.74) is 7.58. The van der Waals surface area contributed by atoms with E-state index in [-0.39, 0.29) is 0 Å². The maximum absolute atomic E-state index is 8.90. The van der Waals surface area contributed by atoms with Crippen molar-refractivity contribution < 1.29 is 0 Å². The first-order chi connectivity index (χ1) is 9.78. The Hall–Kier alpha value is -3.20. The van der Waals surface area contributed by atoms with Crippen molar-refractivity contribution in [1.29, 1.82) is 5.26 Å². The highest BCUT2D eigenvalue weighted by molar-refractivity contribution is 5.60. The molecule has 0 aliphatic carbocycles. The second-order valence-electron chi connectivity index (χ2n) is 4.10. The molecule has 0 fully saturated rings. The van der Waals surface area contributed by atoms with Gasteiger partial charge in [0.05, 0.1) is 0 Å². The summed E-state index contributed by atoms with van der Waals surface area (Å²) in [5.74, 6) is 1.11. The minimum atomic E-state index is 0.312. The lowest BCUT2D eigenvalue weighted by Crippen LogP contribution is -2.03. The van der Waals surface area contributed by atoms with Crippen LogP contribution in [0.2, 0.25) is 0 Å². The van der Waals surface area contributed by atoms with E-state index in [1.54, 1.807) is 41.4 Å². The average Bonchev–Trinajstić information content (AvgIpc) is 2.97. The predicted octanol–water partition coefficient (Wildman–Crippen LogP) is 1.78. The van der Waals surface area contributed by atoms with Gasteiger partial charge in [0.25, 0.3) is 0 Å². The summed E-state index contributed by atoms with van der Waals surface area (Å²) in [4.78, 5) is 12.6. The van der Waals surface area contributed by atoms with Gasteiger partial charge < -0.3 is 5.73 Å². The van der Waals surface area contributed by atoms with E-state index in [1.807, 2.05) is 18.2 Å². The predicted molar refractivity (Wildman–Crippen MR) is 73.7 cm³/mol. The summed E-state index contributed by atoms with van der Waals surface area (Å²) in [6, 6.07) is 10.9. The quantitative estimate of drug-likeness (QED) is 0.710. The van der Waals surface area contributed by atoms with Gasteiger partial charge in [-0.2, -0.15) is 5.26 Å². The van der Waals surface area contributed by atoms with Crippen LogP contribution in [0.4, 0.5) is 5.69 Å². The Balaban J connectivity index is 2.10. The molecule has 0 aliphatic heterocycles. The van der Waals surface area contributed by atoms with Gasteiger partial charge in [-0.3, -0.25) is 4.57 Å². The molecular weight excluding hydrogens is 252 g/mol. The first kappa shape index (κ1) is 11.9. The average molecular weight is 262 g/mol. The number of nitrogens with two attached hydrogens (primary N) is 1. The van der Waals surface area contributed by atoms with Gasteiger partial charge in [-0.05, 0) is 30.3 Å². The summed E-state index contributed by atoms with van der Waals surface area (Å²) in [5, 5.41) is 8.90. The van der Waals surface area contributed by atoms with Crippen LogP contribution in [0.15, 0.2) is 48.9 Å². The number of nitriles is 1. The molecule has 0 unspecified atom stereocenters. The molecule has 0 aliphatic rings. The first-order valence-corrected chi connectivity index (χ1v) is 5.91. The van der Waals surface area contributed by atoms with E-state index >= 15 is 0 Å². The first-order valence-electron chi connectivity index (χ1n) is 5.91. The summed E-state index contributed by atoms with van der Waals surface area (Å²) in [6.07, 6.45) is 4.96. The fourth-order valence-electron chi connectivity index (χ4n) is 1.84. The number of nitrogens with zero attached hydrogens (tertiary/aromatic N) is 5. The molecule has 0 amide bonds. The van der Waals surface area contributed by atoms with E-state index in [0.717, 1.165) is 5.56 Å². The van der Waals surface area contributed by atoms with Gasteiger partial charge in [-0.15, -0.1) is 0 Å². The number of aromatic nitrogens is 4. The molecule has 0 bridgehead atoms. The number of hydrogen-bond donors (Lipinski definition) is 1. The van der Waals surface area contributed by atoms with Crippen LogP contribution in [0.1, 0.15) is 5.69 Å². The van der Waals surface area contributed by atoms with Crippen LogP contribution in [0.5, 0.6) is 0 Å². The van der Waals surface area contributed by atoms with Crippen LogP contribution >= 0.6 is 0 Å². The van der Waals surface area contributed by atoms with Gasteiger partial charge in [0.2, 0.25) is 5.95 Å². The van der Waals surface area contributed by atoms with Gasteiger partial charge >= 0.3 is 0 Å². The Morgan fingerprint density at radius 1 is 1.05 bits per heavy atom. The Morgan fingerprint density at radius 3 is 2.60 bits per heavy atom. The van der Waals surface area contributed by atoms with Gasteiger partial charge in [0.15, 0.2) is 0 Å². The van der Waals surface area contributed by atoms with Crippen LogP contribution in [0.25, 0.3) is 17.3 Å². The van der Waals surface area contributed by atoms with Crippen LogP contribution in [0.3, 0.4) is 0 Å². The maximum atomic E-state index is 8.90. The highest BCUT2D eigenvalue weighted by atomic mass is 15.2. The molecule has 3 aromatic rings. The lowest BCUT2D eigenvalue weighted by molar-refractivity contribution is 0.926. The van der Waals surface area contributed by atoms with Gasteiger partial charge in [0, 0.05) is 29.8 Å². The Bertz CT molecular complexity index is 782. The third kappa shape index (κ3) is 2.08. The minimum absolute atomic E-state index is 0.312. The van der Waals surface area contributed by atoms with Crippen LogP contribution in [0, 0.1) is 11.3 Å². The van der Waals surface area contributed by atoms with E-state index in [4.69, 9.17) is 11.0 Å². The molecule has 0 saturated heterocycles. The zero-order chi connectivity index (χ0) is 13.9. The van der Waals surface area contributed by atoms with Gasteiger partial charge in [0.1, 0.15) is 17.6 Å². The summed E-state index contributed by atoms with van der Waals surface area (Å²) in [6.45, 7) is 0. The fourth-order valence-corrected chi connectivity index (χ4v) is 1.84. The molecule has 0 atom stereocenters. The number of imidazole rings is 1. The van der Waals surface area contributed by atoms with Gasteiger partial charge in [-0.25, -0.2) is 15.0 Å². The Morgan fingerprint density at radius 2 is 1.85 bits per heavy atom. The molecule has 6 heteroatoms. The zero-order valence-electron chi connectivity index (χ0n) is 10.4. The van der Waals surface area contributed by atoms with Crippen LogP contribution < -0.4 is 5.73 Å². The van der Waals surface area contributed by atoms with Crippen molar-refractivity contribution in [3.8, 4) is 23.4 Å². The molecule has 20 heavy (non-hydrogen) atoms. The molecule has 96 valence electrons. The number of hydrogen-bond acceptors (Lipinski definition) is 5. The Labute approximate surface area is 115 Å². The van der Waals surface area contributed by atoms with E-state index in [2.05, 4.69) is 15.0 Å². The van der Waals surface area contributed by atoms with E-state index in [1.165, 1.54) is 0 Å². The van der Waals surface area contributed by atoms with E-state index in [9.17, 15) is 0 Å². The van der Waals surface area contributed by atoms with E-state index in [0.29, 0.717) is 23.2 Å². The zero-order valence-corrected chi connectivity index (χ0v) is 10.4. The number of anilines is 1. The van der Waals surface area contributed by atoms with Crippen LogP contribution in [-0.2, 0) is 0 Å². The second-order valence-corrected chi connectivity index (χ2v) is 4.10. The van der Waals surface area contributed by atoms with Crippen LogP contribution in [-0.4, -0.2) is 19.5 Å². The molecule has 1 aromatic carbocycles. The third-order valence-electron chi connectivity index (χ3n) is 2.78. The Kier molecular flexibility index (Phi) is 2.86. The SMILES string of the molecule is N#Cc1ccnc(-n2ccnc2-c2ccc(N)cc2)n1. The lowest BCUT2D eigenvalue weighted by Gasteiger charge is -2.06. The molecule has 2 N–H and O–H groups in total. The normalized spacial score (nSPS) is 10.2. The largest absolute Gasteiger partial charge is 0.399 e. The monoisotopic (exact) mass is 262 g/mol. The third-order valence-corrected chi connectivity index (χ3v) is 2.78. The smallest absolute Gasteiger partial charge is 0.236 e. The molecule has 0 radical (unpaired) electrons. The second kappa shape index (κ2) is 4.82. The number of benzene rings is 1. The van der Waals surface area contributed by atoms with Crippen molar-refractivity contribution in [2.24, 2.45) is 0 Å². The molecule has 2 aromatic heterocycles. The lowest BCUT2D eigenvalue weighted by atomic mass is 10.2. The molecule has 2 heterocycles. The molecular formula is C14H10N6. The molecule has 3 rings (SSSR count). The van der Waals surface area contributed by atoms with E-state index < -0.39 is 0 Å². The van der Waals surface area contributed by atoms with Crippen molar-refractivity contribution in [2.45, 2.75) is 0 Å². The molecule has 0 saturated carbocycles. The number of nitrogen functional groups attached to an aromatic ring is 1. The topological polar surface area (TPSA) is 93.4 Å². The maximum Gasteiger partial charge on any atom is 0.236 e. The van der Waals surface area contributed by atoms with Crippen molar-refractivity contribution in [1.82, 2.24) is 19.5 Å². The standard InChI is InChI=1S/C14H10N6/c15-9-12-5-6-18-14(19-12)20-8-7-17-13(20)10-1-3-11(16)4-2-10/h1-8H,16H2. The van der Waals surface area contributed by atoms with Crippen molar-refractivity contribution in [3.63, 3.8) is 0 Å². The summed E-state index contributed by atoms with van der Waals surface area (Å²) >= 11 is 0. The molecule has 0 spiro atoms. The van der Waals surface area contributed by atoms with Crippen molar-refractivity contribution in [3.05, 3.63) is 54.6 Å². The number of rotatable bonds is 2. The van der Waals surface area contributed by atoms with Gasteiger partial charge in [-0.1, -0.05) is 0 Å². The fraction of sp³-hybridized carbons (Fsp3) is 0. The molecule has 6 nitrogen and oxygen atoms in total.